The summed E-state index contributed by atoms with van der Waals surface area (Å²) in [6, 6.07) is 16.1. The molecule has 29 heavy (non-hydrogen) atoms. The lowest BCUT2D eigenvalue weighted by atomic mass is 10.1. The lowest BCUT2D eigenvalue weighted by Gasteiger charge is -2.09. The Morgan fingerprint density at radius 1 is 1.24 bits per heavy atom. The molecule has 3 aromatic rings. The van der Waals surface area contributed by atoms with E-state index in [0.717, 1.165) is 10.7 Å². The normalized spacial score (nSPS) is 10.9. The summed E-state index contributed by atoms with van der Waals surface area (Å²) in [5.41, 5.74) is 2.09. The fourth-order valence-corrected chi connectivity index (χ4v) is 3.14. The van der Waals surface area contributed by atoms with Gasteiger partial charge in [0, 0.05) is 5.38 Å². The van der Waals surface area contributed by atoms with Crippen LogP contribution in [0.3, 0.4) is 0 Å². The Bertz CT molecular complexity index is 1070. The van der Waals surface area contributed by atoms with Gasteiger partial charge in [-0.05, 0) is 42.8 Å². The van der Waals surface area contributed by atoms with Crippen LogP contribution in [-0.2, 0) is 11.4 Å². The number of nitrogens with one attached hydrogen (secondary N) is 1. The minimum atomic E-state index is -0.503. The molecule has 0 saturated carbocycles. The lowest BCUT2D eigenvalue weighted by molar-refractivity contribution is -0.112. The lowest BCUT2D eigenvalue weighted by Crippen LogP contribution is -2.14. The van der Waals surface area contributed by atoms with Gasteiger partial charge in [-0.25, -0.2) is 4.98 Å². The first kappa shape index (κ1) is 20.1. The van der Waals surface area contributed by atoms with Crippen LogP contribution in [0, 0.1) is 18.3 Å². The number of carbonyl (C=O) groups is 1. The summed E-state index contributed by atoms with van der Waals surface area (Å²) in [6.07, 6.45) is 1.53. The smallest absolute Gasteiger partial charge is 0.266 e. The number of benzene rings is 2. The number of hydrogen-bond donors (Lipinski definition) is 1. The van der Waals surface area contributed by atoms with Crippen molar-refractivity contribution < 1.29 is 14.3 Å². The van der Waals surface area contributed by atoms with E-state index in [4.69, 9.17) is 9.47 Å². The van der Waals surface area contributed by atoms with Crippen molar-refractivity contribution in [2.75, 3.05) is 12.4 Å². The molecule has 1 amide bonds. The number of thiazole rings is 1. The Hall–Kier alpha value is -3.63. The molecule has 0 aliphatic rings. The molecule has 0 fully saturated rings. The molecule has 3 rings (SSSR count). The maximum absolute atomic E-state index is 12.5. The van der Waals surface area contributed by atoms with E-state index in [1.807, 2.05) is 18.4 Å². The van der Waals surface area contributed by atoms with Gasteiger partial charge in [0.2, 0.25) is 0 Å². The number of anilines is 1. The standard InChI is InChI=1S/C22H19N3O3S/c1-15-24-18(14-29-15)13-28-19-9-7-16(8-10-19)11-17(12-23)22(26)25-20-5-3-4-6-21(20)27-2/h3-11,14H,13H2,1-2H3,(H,25,26)/b17-11+. The molecule has 146 valence electrons. The van der Waals surface area contributed by atoms with Gasteiger partial charge in [0.25, 0.3) is 5.91 Å². The largest absolute Gasteiger partial charge is 0.495 e. The SMILES string of the molecule is COc1ccccc1NC(=O)/C(C#N)=C/c1ccc(OCc2csc(C)n2)cc1. The van der Waals surface area contributed by atoms with Gasteiger partial charge in [0.05, 0.1) is 23.5 Å². The maximum Gasteiger partial charge on any atom is 0.266 e. The van der Waals surface area contributed by atoms with Crippen molar-refractivity contribution in [2.45, 2.75) is 13.5 Å². The molecule has 1 heterocycles. The number of nitriles is 1. The van der Waals surface area contributed by atoms with Crippen LogP contribution < -0.4 is 14.8 Å². The number of rotatable bonds is 7. The molecule has 0 radical (unpaired) electrons. The van der Waals surface area contributed by atoms with Gasteiger partial charge in [-0.2, -0.15) is 5.26 Å². The number of methoxy groups -OCH3 is 1. The fourth-order valence-electron chi connectivity index (χ4n) is 2.54. The van der Waals surface area contributed by atoms with Crippen molar-refractivity contribution in [3.63, 3.8) is 0 Å². The molecular weight excluding hydrogens is 386 g/mol. The Morgan fingerprint density at radius 2 is 2.00 bits per heavy atom. The number of amides is 1. The zero-order chi connectivity index (χ0) is 20.6. The molecule has 0 bridgehead atoms. The zero-order valence-corrected chi connectivity index (χ0v) is 16.8. The second-order valence-corrected chi connectivity index (χ2v) is 7.10. The van der Waals surface area contributed by atoms with Crippen LogP contribution in [0.15, 0.2) is 59.5 Å². The highest BCUT2D eigenvalue weighted by molar-refractivity contribution is 7.09. The Kier molecular flexibility index (Phi) is 6.61. The molecule has 2 aromatic carbocycles. The number of hydrogen-bond acceptors (Lipinski definition) is 6. The van der Waals surface area contributed by atoms with Gasteiger partial charge in [0.15, 0.2) is 0 Å². The third-order valence-electron chi connectivity index (χ3n) is 3.96. The number of aromatic nitrogens is 1. The first-order valence-corrected chi connectivity index (χ1v) is 9.67. The number of nitrogens with zero attached hydrogens (tertiary/aromatic N) is 2. The minimum Gasteiger partial charge on any atom is -0.495 e. The van der Waals surface area contributed by atoms with Crippen molar-refractivity contribution >= 4 is 29.0 Å². The summed E-state index contributed by atoms with van der Waals surface area (Å²) in [6.45, 7) is 2.34. The fraction of sp³-hybridized carbons (Fsp3) is 0.136. The van der Waals surface area contributed by atoms with E-state index in [0.29, 0.717) is 29.4 Å². The average molecular weight is 405 g/mol. The summed E-state index contributed by atoms with van der Waals surface area (Å²) >= 11 is 1.58. The van der Waals surface area contributed by atoms with E-state index in [1.54, 1.807) is 59.9 Å². The summed E-state index contributed by atoms with van der Waals surface area (Å²) in [4.78, 5) is 16.8. The highest BCUT2D eigenvalue weighted by Gasteiger charge is 2.12. The quantitative estimate of drug-likeness (QED) is 0.459. The van der Waals surface area contributed by atoms with Crippen molar-refractivity contribution in [2.24, 2.45) is 0 Å². The van der Waals surface area contributed by atoms with E-state index in [9.17, 15) is 10.1 Å². The Morgan fingerprint density at radius 3 is 2.66 bits per heavy atom. The summed E-state index contributed by atoms with van der Waals surface area (Å²) < 4.78 is 10.9. The number of aryl methyl sites for hydroxylation is 1. The van der Waals surface area contributed by atoms with Gasteiger partial charge in [0.1, 0.15) is 29.7 Å². The van der Waals surface area contributed by atoms with Gasteiger partial charge >= 0.3 is 0 Å². The van der Waals surface area contributed by atoms with E-state index in [2.05, 4.69) is 10.3 Å². The van der Waals surface area contributed by atoms with Crippen LogP contribution in [0.5, 0.6) is 11.5 Å². The van der Waals surface area contributed by atoms with Crippen LogP contribution >= 0.6 is 11.3 Å². The van der Waals surface area contributed by atoms with E-state index < -0.39 is 5.91 Å². The van der Waals surface area contributed by atoms with Gasteiger partial charge in [-0.1, -0.05) is 24.3 Å². The molecule has 1 aromatic heterocycles. The minimum absolute atomic E-state index is 0.0116. The predicted molar refractivity (Wildman–Crippen MR) is 113 cm³/mol. The molecule has 0 unspecified atom stereocenters. The van der Waals surface area contributed by atoms with Crippen LogP contribution in [0.25, 0.3) is 6.08 Å². The predicted octanol–water partition coefficient (Wildman–Crippen LogP) is 4.58. The summed E-state index contributed by atoms with van der Waals surface area (Å²) in [5, 5.41) is 15.1. The number of para-hydroxylation sites is 2. The molecule has 0 aliphatic carbocycles. The third kappa shape index (κ3) is 5.43. The molecular formula is C22H19N3O3S. The van der Waals surface area contributed by atoms with E-state index in [-0.39, 0.29) is 5.57 Å². The molecule has 0 spiro atoms. The molecule has 0 aliphatic heterocycles. The van der Waals surface area contributed by atoms with Crippen molar-refractivity contribution in [1.29, 1.82) is 5.26 Å². The van der Waals surface area contributed by atoms with Gasteiger partial charge in [-0.3, -0.25) is 4.79 Å². The first-order valence-electron chi connectivity index (χ1n) is 8.79. The van der Waals surface area contributed by atoms with Crippen molar-refractivity contribution in [3.05, 3.63) is 75.7 Å². The molecule has 0 atom stereocenters. The van der Waals surface area contributed by atoms with Gasteiger partial charge < -0.3 is 14.8 Å². The van der Waals surface area contributed by atoms with Crippen molar-refractivity contribution in [3.8, 4) is 17.6 Å². The highest BCUT2D eigenvalue weighted by Crippen LogP contribution is 2.24. The van der Waals surface area contributed by atoms with Crippen molar-refractivity contribution in [1.82, 2.24) is 4.98 Å². The first-order chi connectivity index (χ1) is 14.1. The van der Waals surface area contributed by atoms with Gasteiger partial charge in [-0.15, -0.1) is 11.3 Å². The number of carbonyl (C=O) groups excluding carboxylic acids is 1. The third-order valence-corrected chi connectivity index (χ3v) is 4.79. The Balaban J connectivity index is 1.66. The molecule has 1 N–H and O–H groups in total. The number of ether oxygens (including phenoxy) is 2. The van der Waals surface area contributed by atoms with Crippen LogP contribution in [0.1, 0.15) is 16.3 Å². The molecule has 6 nitrogen and oxygen atoms in total. The summed E-state index contributed by atoms with van der Waals surface area (Å²) in [7, 11) is 1.52. The van der Waals surface area contributed by atoms with Crippen LogP contribution in [0.2, 0.25) is 0 Å². The topological polar surface area (TPSA) is 84.2 Å². The maximum atomic E-state index is 12.5. The second-order valence-electron chi connectivity index (χ2n) is 6.04. The van der Waals surface area contributed by atoms with Crippen LogP contribution in [-0.4, -0.2) is 18.0 Å². The molecule has 0 saturated heterocycles. The molecule has 7 heteroatoms. The highest BCUT2D eigenvalue weighted by atomic mass is 32.1. The monoisotopic (exact) mass is 405 g/mol. The average Bonchev–Trinajstić information content (AvgIpc) is 3.16. The summed E-state index contributed by atoms with van der Waals surface area (Å²) in [5.74, 6) is 0.705. The van der Waals surface area contributed by atoms with Crippen LogP contribution in [0.4, 0.5) is 5.69 Å². The zero-order valence-electron chi connectivity index (χ0n) is 16.0. The second kappa shape index (κ2) is 9.53. The van der Waals surface area contributed by atoms with E-state index >= 15 is 0 Å². The van der Waals surface area contributed by atoms with E-state index in [1.165, 1.54) is 13.2 Å². The Labute approximate surface area is 173 Å².